The van der Waals surface area contributed by atoms with Gasteiger partial charge in [-0.25, -0.2) is 0 Å². The molecule has 0 radical (unpaired) electrons. The molecule has 0 aromatic heterocycles. The molecule has 0 bridgehead atoms. The van der Waals surface area contributed by atoms with Crippen molar-refractivity contribution in [3.05, 3.63) is 0 Å². The van der Waals surface area contributed by atoms with Gasteiger partial charge in [-0.2, -0.15) is 0 Å². The average Bonchev–Trinajstić information content (AvgIpc) is 2.49. The highest BCUT2D eigenvalue weighted by molar-refractivity contribution is 6.06. The van der Waals surface area contributed by atoms with Gasteiger partial charge in [-0.05, 0) is 19.3 Å². The summed E-state index contributed by atoms with van der Waals surface area (Å²) < 4.78 is 5.42. The van der Waals surface area contributed by atoms with Crippen LogP contribution in [0, 0.1) is 5.41 Å². The maximum absolute atomic E-state index is 12.5. The zero-order valence-electron chi connectivity index (χ0n) is 13.7. The number of rotatable bonds is 12. The number of hydrogen-bond acceptors (Lipinski definition) is 4. The van der Waals surface area contributed by atoms with E-state index in [1.807, 2.05) is 13.8 Å². The van der Waals surface area contributed by atoms with Crippen LogP contribution in [0.2, 0.25) is 0 Å². The molecular formula is C15H31N3O3. The van der Waals surface area contributed by atoms with Crippen LogP contribution in [0.15, 0.2) is 5.16 Å². The first-order valence-electron chi connectivity index (χ1n) is 7.93. The number of carbonyl (C=O) groups excluding carboxylic acids is 1. The Morgan fingerprint density at radius 1 is 1.19 bits per heavy atom. The molecule has 0 aliphatic rings. The van der Waals surface area contributed by atoms with Gasteiger partial charge in [0.25, 0.3) is 0 Å². The van der Waals surface area contributed by atoms with Crippen LogP contribution in [0.3, 0.4) is 0 Å². The van der Waals surface area contributed by atoms with Gasteiger partial charge >= 0.3 is 0 Å². The van der Waals surface area contributed by atoms with Crippen molar-refractivity contribution in [2.24, 2.45) is 16.3 Å². The molecule has 0 aromatic carbocycles. The number of nitrogens with one attached hydrogen (secondary N) is 1. The molecule has 0 aliphatic heterocycles. The lowest BCUT2D eigenvalue weighted by Gasteiger charge is -2.30. The standard InChI is InChI=1S/C15H31N3O3/c1-4-7-11-21-12-10-17-14(19)15(8-5-2,9-6-3)13(16)18-20/h20H,4-12H2,1-3H3,(H2,16,18)(H,17,19). The van der Waals surface area contributed by atoms with Crippen molar-refractivity contribution < 1.29 is 14.7 Å². The number of ether oxygens (including phenoxy) is 1. The predicted octanol–water partition coefficient (Wildman–Crippen LogP) is 2.25. The van der Waals surface area contributed by atoms with Crippen molar-refractivity contribution in [2.45, 2.75) is 59.3 Å². The number of amides is 1. The van der Waals surface area contributed by atoms with E-state index in [0.29, 0.717) is 32.6 Å². The first-order chi connectivity index (χ1) is 10.1. The fraction of sp³-hybridized carbons (Fsp3) is 0.867. The molecule has 0 saturated heterocycles. The molecule has 21 heavy (non-hydrogen) atoms. The van der Waals surface area contributed by atoms with Crippen LogP contribution in [0.1, 0.15) is 59.3 Å². The second-order valence-corrected chi connectivity index (χ2v) is 5.29. The molecule has 0 heterocycles. The van der Waals surface area contributed by atoms with Gasteiger partial charge in [0.1, 0.15) is 5.41 Å². The van der Waals surface area contributed by atoms with Crippen LogP contribution in [-0.4, -0.2) is 36.7 Å². The van der Waals surface area contributed by atoms with E-state index in [9.17, 15) is 4.79 Å². The highest BCUT2D eigenvalue weighted by Crippen LogP contribution is 2.30. The fourth-order valence-electron chi connectivity index (χ4n) is 2.43. The molecule has 124 valence electrons. The van der Waals surface area contributed by atoms with Gasteiger partial charge in [0.05, 0.1) is 6.61 Å². The van der Waals surface area contributed by atoms with Gasteiger partial charge in [0, 0.05) is 13.2 Å². The number of hydrogen-bond donors (Lipinski definition) is 3. The molecule has 0 spiro atoms. The Kier molecular flexibility index (Phi) is 10.7. The van der Waals surface area contributed by atoms with Gasteiger partial charge in [-0.15, -0.1) is 0 Å². The lowest BCUT2D eigenvalue weighted by atomic mass is 9.77. The normalized spacial score (nSPS) is 12.4. The minimum atomic E-state index is -0.915. The number of nitrogens with zero attached hydrogens (tertiary/aromatic N) is 1. The Morgan fingerprint density at radius 2 is 1.81 bits per heavy atom. The van der Waals surface area contributed by atoms with E-state index in [1.165, 1.54) is 0 Å². The summed E-state index contributed by atoms with van der Waals surface area (Å²) in [6.45, 7) is 7.70. The second-order valence-electron chi connectivity index (χ2n) is 5.29. The van der Waals surface area contributed by atoms with Gasteiger partial charge in [0.15, 0.2) is 5.84 Å². The van der Waals surface area contributed by atoms with Crippen molar-refractivity contribution in [1.82, 2.24) is 5.32 Å². The van der Waals surface area contributed by atoms with Gasteiger partial charge in [-0.3, -0.25) is 4.79 Å². The van der Waals surface area contributed by atoms with Gasteiger partial charge in [-0.1, -0.05) is 45.2 Å². The Bertz CT molecular complexity index is 313. The molecule has 6 heteroatoms. The van der Waals surface area contributed by atoms with E-state index in [-0.39, 0.29) is 11.7 Å². The molecule has 1 amide bonds. The summed E-state index contributed by atoms with van der Waals surface area (Å²) in [5, 5.41) is 14.9. The fourth-order valence-corrected chi connectivity index (χ4v) is 2.43. The zero-order valence-corrected chi connectivity index (χ0v) is 13.7. The van der Waals surface area contributed by atoms with Crippen molar-refractivity contribution in [3.63, 3.8) is 0 Å². The van der Waals surface area contributed by atoms with E-state index in [1.54, 1.807) is 0 Å². The first-order valence-corrected chi connectivity index (χ1v) is 7.93. The average molecular weight is 301 g/mol. The Labute approximate surface area is 128 Å². The summed E-state index contributed by atoms with van der Waals surface area (Å²) in [5.41, 5.74) is 4.89. The number of nitrogens with two attached hydrogens (primary N) is 1. The van der Waals surface area contributed by atoms with Crippen LogP contribution < -0.4 is 11.1 Å². The summed E-state index contributed by atoms with van der Waals surface area (Å²) in [6, 6.07) is 0. The highest BCUT2D eigenvalue weighted by Gasteiger charge is 2.41. The lowest BCUT2D eigenvalue weighted by molar-refractivity contribution is -0.128. The third kappa shape index (κ3) is 6.33. The number of amidine groups is 1. The Hall–Kier alpha value is -1.30. The summed E-state index contributed by atoms with van der Waals surface area (Å²) in [4.78, 5) is 12.5. The van der Waals surface area contributed by atoms with E-state index in [2.05, 4.69) is 17.4 Å². The predicted molar refractivity (Wildman–Crippen MR) is 84.4 cm³/mol. The maximum atomic E-state index is 12.5. The molecule has 0 saturated carbocycles. The van der Waals surface area contributed by atoms with Crippen LogP contribution in [0.25, 0.3) is 0 Å². The zero-order chi connectivity index (χ0) is 16.1. The van der Waals surface area contributed by atoms with E-state index >= 15 is 0 Å². The van der Waals surface area contributed by atoms with Crippen molar-refractivity contribution >= 4 is 11.7 Å². The van der Waals surface area contributed by atoms with Crippen LogP contribution in [0.5, 0.6) is 0 Å². The molecule has 6 nitrogen and oxygen atoms in total. The summed E-state index contributed by atoms with van der Waals surface area (Å²) in [6.07, 6.45) is 4.82. The molecule has 0 atom stereocenters. The lowest BCUT2D eigenvalue weighted by Crippen LogP contribution is -2.50. The van der Waals surface area contributed by atoms with E-state index in [4.69, 9.17) is 15.7 Å². The summed E-state index contributed by atoms with van der Waals surface area (Å²) in [7, 11) is 0. The van der Waals surface area contributed by atoms with Crippen LogP contribution >= 0.6 is 0 Å². The topological polar surface area (TPSA) is 96.9 Å². The number of oxime groups is 1. The van der Waals surface area contributed by atoms with Crippen molar-refractivity contribution in [2.75, 3.05) is 19.8 Å². The molecule has 0 fully saturated rings. The monoisotopic (exact) mass is 301 g/mol. The van der Waals surface area contributed by atoms with Crippen molar-refractivity contribution in [1.29, 1.82) is 0 Å². The smallest absolute Gasteiger partial charge is 0.234 e. The number of unbranched alkanes of at least 4 members (excludes halogenated alkanes) is 1. The number of carbonyl (C=O) groups is 1. The minimum Gasteiger partial charge on any atom is -0.409 e. The third-order valence-corrected chi connectivity index (χ3v) is 3.56. The third-order valence-electron chi connectivity index (χ3n) is 3.56. The molecule has 0 rings (SSSR count). The first kappa shape index (κ1) is 19.7. The SMILES string of the molecule is CCCCOCCNC(=O)C(CCC)(CCC)C(N)=NO. The largest absolute Gasteiger partial charge is 0.409 e. The van der Waals surface area contributed by atoms with E-state index < -0.39 is 5.41 Å². The Balaban J connectivity index is 4.57. The van der Waals surface area contributed by atoms with Gasteiger partial charge < -0.3 is 21.0 Å². The molecule has 4 N–H and O–H groups in total. The Morgan fingerprint density at radius 3 is 2.29 bits per heavy atom. The van der Waals surface area contributed by atoms with Crippen LogP contribution in [0.4, 0.5) is 0 Å². The highest BCUT2D eigenvalue weighted by atomic mass is 16.5. The molecule has 0 aromatic rings. The summed E-state index contributed by atoms with van der Waals surface area (Å²) >= 11 is 0. The van der Waals surface area contributed by atoms with E-state index in [0.717, 1.165) is 25.7 Å². The minimum absolute atomic E-state index is 0.00407. The van der Waals surface area contributed by atoms with Crippen molar-refractivity contribution in [3.8, 4) is 0 Å². The molecule has 0 aliphatic carbocycles. The molecular weight excluding hydrogens is 270 g/mol. The van der Waals surface area contributed by atoms with Gasteiger partial charge in [0.2, 0.25) is 5.91 Å². The summed E-state index contributed by atoms with van der Waals surface area (Å²) in [5.74, 6) is -0.184. The van der Waals surface area contributed by atoms with Crippen LogP contribution in [-0.2, 0) is 9.53 Å². The quantitative estimate of drug-likeness (QED) is 0.169. The maximum Gasteiger partial charge on any atom is 0.234 e. The second kappa shape index (κ2) is 11.4. The molecule has 0 unspecified atom stereocenters.